The molecule has 0 amide bonds. The Morgan fingerprint density at radius 1 is 0.892 bits per heavy atom. The van der Waals surface area contributed by atoms with Crippen LogP contribution in [0, 0.1) is 0 Å². The molecule has 10 nitrogen and oxygen atoms in total. The first-order valence-electron chi connectivity index (χ1n) is 10.9. The van der Waals surface area contributed by atoms with Crippen molar-refractivity contribution in [3.8, 4) is 40.2 Å². The van der Waals surface area contributed by atoms with Gasteiger partial charge < -0.3 is 39.7 Å². The summed E-state index contributed by atoms with van der Waals surface area (Å²) in [5.41, 5.74) is 1.73. The van der Waals surface area contributed by atoms with Gasteiger partial charge in [-0.1, -0.05) is 18.2 Å². The summed E-state index contributed by atoms with van der Waals surface area (Å²) in [6, 6.07) is 9.36. The SMILES string of the molecule is COC(=O)[C@@H](Cc1ccc(O)c(O)c1)OC(=O)/C=C/c1ccc(O)c2c1C=Cc1cc(O)c(O)cc1O2. The van der Waals surface area contributed by atoms with Crippen LogP contribution < -0.4 is 4.74 Å². The van der Waals surface area contributed by atoms with Gasteiger partial charge >= 0.3 is 11.9 Å². The quantitative estimate of drug-likeness (QED) is 0.148. The first-order valence-corrected chi connectivity index (χ1v) is 10.9. The number of methoxy groups -OCH3 is 1. The third kappa shape index (κ3) is 5.43. The van der Waals surface area contributed by atoms with Gasteiger partial charge in [0.25, 0.3) is 0 Å². The summed E-state index contributed by atoms with van der Waals surface area (Å²) in [5, 5.41) is 49.1. The van der Waals surface area contributed by atoms with Crippen molar-refractivity contribution in [1.29, 1.82) is 0 Å². The number of phenols is 5. The van der Waals surface area contributed by atoms with Crippen molar-refractivity contribution in [2.24, 2.45) is 0 Å². The lowest BCUT2D eigenvalue weighted by molar-refractivity contribution is -0.162. The lowest BCUT2D eigenvalue weighted by Gasteiger charge is -2.15. The molecule has 0 aromatic heterocycles. The number of carbonyl (C=O) groups excluding carboxylic acids is 2. The fourth-order valence-corrected chi connectivity index (χ4v) is 3.66. The molecule has 1 atom stereocenters. The van der Waals surface area contributed by atoms with Crippen molar-refractivity contribution in [2.75, 3.05) is 7.11 Å². The van der Waals surface area contributed by atoms with Crippen LogP contribution in [-0.4, -0.2) is 50.7 Å². The van der Waals surface area contributed by atoms with E-state index in [2.05, 4.69) is 0 Å². The van der Waals surface area contributed by atoms with Crippen LogP contribution in [0.4, 0.5) is 0 Å². The van der Waals surface area contributed by atoms with Gasteiger partial charge in [0.15, 0.2) is 34.5 Å². The molecule has 0 saturated carbocycles. The minimum absolute atomic E-state index is 0.0650. The van der Waals surface area contributed by atoms with E-state index >= 15 is 0 Å². The van der Waals surface area contributed by atoms with Crippen molar-refractivity contribution in [1.82, 2.24) is 0 Å². The van der Waals surface area contributed by atoms with Gasteiger partial charge in [-0.05, 0) is 47.5 Å². The van der Waals surface area contributed by atoms with Gasteiger partial charge in [-0.25, -0.2) is 9.59 Å². The maximum Gasteiger partial charge on any atom is 0.347 e. The van der Waals surface area contributed by atoms with Gasteiger partial charge in [-0.3, -0.25) is 0 Å². The van der Waals surface area contributed by atoms with Crippen LogP contribution in [0.15, 0.2) is 48.5 Å². The van der Waals surface area contributed by atoms with Gasteiger partial charge in [0, 0.05) is 29.7 Å². The molecule has 0 saturated heterocycles. The Balaban J connectivity index is 1.56. The fraction of sp³-hybridized carbons (Fsp3) is 0.111. The highest BCUT2D eigenvalue weighted by Gasteiger charge is 2.24. The van der Waals surface area contributed by atoms with Crippen molar-refractivity contribution >= 4 is 30.2 Å². The number of phenolic OH excluding ortho intramolecular Hbond substituents is 5. The van der Waals surface area contributed by atoms with Gasteiger partial charge in [0.2, 0.25) is 6.10 Å². The molecule has 10 heteroatoms. The van der Waals surface area contributed by atoms with Crippen molar-refractivity contribution < 1.29 is 49.3 Å². The number of rotatable bonds is 6. The van der Waals surface area contributed by atoms with E-state index in [4.69, 9.17) is 14.2 Å². The highest BCUT2D eigenvalue weighted by molar-refractivity contribution is 5.92. The molecule has 1 aliphatic heterocycles. The summed E-state index contributed by atoms with van der Waals surface area (Å²) in [5.74, 6) is -3.06. The van der Waals surface area contributed by atoms with Crippen LogP contribution in [0.1, 0.15) is 22.3 Å². The summed E-state index contributed by atoms with van der Waals surface area (Å²) in [6.45, 7) is 0. The third-order valence-corrected chi connectivity index (χ3v) is 5.54. The topological polar surface area (TPSA) is 163 Å². The van der Waals surface area contributed by atoms with E-state index < -0.39 is 23.8 Å². The Kier molecular flexibility index (Phi) is 6.92. The number of aromatic hydroxyl groups is 5. The average Bonchev–Trinajstić information content (AvgIpc) is 3.05. The molecule has 3 aromatic carbocycles. The molecule has 0 unspecified atom stereocenters. The minimum Gasteiger partial charge on any atom is -0.504 e. The van der Waals surface area contributed by atoms with E-state index in [9.17, 15) is 35.1 Å². The van der Waals surface area contributed by atoms with Gasteiger partial charge in [-0.15, -0.1) is 0 Å². The van der Waals surface area contributed by atoms with Crippen molar-refractivity contribution in [2.45, 2.75) is 12.5 Å². The van der Waals surface area contributed by atoms with E-state index in [1.54, 1.807) is 12.2 Å². The fourth-order valence-electron chi connectivity index (χ4n) is 3.66. The van der Waals surface area contributed by atoms with Gasteiger partial charge in [0.1, 0.15) is 5.75 Å². The zero-order chi connectivity index (χ0) is 26.7. The monoisotopic (exact) mass is 506 g/mol. The summed E-state index contributed by atoms with van der Waals surface area (Å²) in [4.78, 5) is 24.7. The molecule has 37 heavy (non-hydrogen) atoms. The molecule has 0 radical (unpaired) electrons. The minimum atomic E-state index is -1.32. The number of benzene rings is 3. The van der Waals surface area contributed by atoms with Crippen LogP contribution in [0.2, 0.25) is 0 Å². The van der Waals surface area contributed by atoms with Crippen LogP contribution in [0.3, 0.4) is 0 Å². The lowest BCUT2D eigenvalue weighted by Crippen LogP contribution is -2.30. The molecule has 1 aliphatic rings. The Labute approximate surface area is 210 Å². The van der Waals surface area contributed by atoms with Crippen LogP contribution in [0.25, 0.3) is 18.2 Å². The number of hydrogen-bond acceptors (Lipinski definition) is 10. The second kappa shape index (κ2) is 10.2. The molecule has 5 N–H and O–H groups in total. The number of ether oxygens (including phenoxy) is 3. The summed E-state index contributed by atoms with van der Waals surface area (Å²) in [6.07, 6.45) is 4.28. The third-order valence-electron chi connectivity index (χ3n) is 5.54. The molecule has 3 aromatic rings. The maximum atomic E-state index is 12.6. The molecular formula is C27H22O10. The number of hydrogen-bond donors (Lipinski definition) is 5. The van der Waals surface area contributed by atoms with E-state index in [1.165, 1.54) is 48.5 Å². The smallest absolute Gasteiger partial charge is 0.347 e. The van der Waals surface area contributed by atoms with Crippen molar-refractivity contribution in [3.63, 3.8) is 0 Å². The predicted molar refractivity (Wildman–Crippen MR) is 131 cm³/mol. The highest BCUT2D eigenvalue weighted by Crippen LogP contribution is 2.44. The highest BCUT2D eigenvalue weighted by atomic mass is 16.6. The van der Waals surface area contributed by atoms with Crippen LogP contribution in [0.5, 0.6) is 40.2 Å². The zero-order valence-corrected chi connectivity index (χ0v) is 19.4. The summed E-state index contributed by atoms with van der Waals surface area (Å²) in [7, 11) is 1.14. The second-order valence-electron chi connectivity index (χ2n) is 8.04. The average molecular weight is 506 g/mol. The predicted octanol–water partition coefficient (Wildman–Crippen LogP) is 3.83. The van der Waals surface area contributed by atoms with E-state index in [0.717, 1.165) is 13.2 Å². The van der Waals surface area contributed by atoms with E-state index in [1.807, 2.05) is 0 Å². The Bertz CT molecular complexity index is 1440. The van der Waals surface area contributed by atoms with Crippen LogP contribution in [-0.2, 0) is 25.5 Å². The Morgan fingerprint density at radius 3 is 2.32 bits per heavy atom. The van der Waals surface area contributed by atoms with E-state index in [-0.39, 0.29) is 40.9 Å². The molecular weight excluding hydrogens is 484 g/mol. The van der Waals surface area contributed by atoms with Crippen molar-refractivity contribution in [3.05, 3.63) is 70.8 Å². The first-order chi connectivity index (χ1) is 17.7. The van der Waals surface area contributed by atoms with Gasteiger partial charge in [-0.2, -0.15) is 0 Å². The number of fused-ring (bicyclic) bond motifs is 2. The largest absolute Gasteiger partial charge is 0.504 e. The molecule has 0 spiro atoms. The molecule has 0 bridgehead atoms. The molecule has 1 heterocycles. The zero-order valence-electron chi connectivity index (χ0n) is 19.4. The number of carbonyl (C=O) groups is 2. The van der Waals surface area contributed by atoms with Crippen LogP contribution >= 0.6 is 0 Å². The second-order valence-corrected chi connectivity index (χ2v) is 8.04. The Morgan fingerprint density at radius 2 is 1.59 bits per heavy atom. The summed E-state index contributed by atoms with van der Waals surface area (Å²) < 4.78 is 15.8. The standard InChI is InChI=1S/C27H22O10/c1-35-27(34)24(11-14-2-7-18(28)20(30)10-14)36-25(33)9-5-15-4-8-19(29)26-17(15)6-3-16-12-21(31)22(32)13-23(16)37-26/h2-10,12-13,24,28-32H,11H2,1H3/b9-5+/t24-/m1/s1. The normalized spacial score (nSPS) is 12.7. The first kappa shape index (κ1) is 25.0. The number of esters is 2. The Hall–Kier alpha value is -5.12. The molecule has 0 fully saturated rings. The van der Waals surface area contributed by atoms with Gasteiger partial charge in [0.05, 0.1) is 7.11 Å². The van der Waals surface area contributed by atoms with E-state index in [0.29, 0.717) is 22.3 Å². The summed E-state index contributed by atoms with van der Waals surface area (Å²) >= 11 is 0. The lowest BCUT2D eigenvalue weighted by atomic mass is 10.0. The maximum absolute atomic E-state index is 12.6. The molecule has 0 aliphatic carbocycles. The molecule has 4 rings (SSSR count). The molecule has 190 valence electrons.